The second kappa shape index (κ2) is 4.72. The average molecular weight is 291 g/mol. The molecule has 0 amide bonds. The van der Waals surface area contributed by atoms with Crippen LogP contribution < -0.4 is 31.3 Å². The molecule has 23 heavy (non-hydrogen) atoms. The maximum absolute atomic E-state index is 6.13. The van der Waals surface area contributed by atoms with E-state index in [1.54, 1.807) is 7.17 Å². The molecule has 0 atom stereocenters. The Labute approximate surface area is 137 Å². The van der Waals surface area contributed by atoms with E-state index in [1.165, 1.54) is 10.9 Å². The zero-order chi connectivity index (χ0) is 15.4. The summed E-state index contributed by atoms with van der Waals surface area (Å²) in [6, 6.07) is 20.3. The van der Waals surface area contributed by atoms with Gasteiger partial charge in [0.05, 0.1) is 7.17 Å². The monoisotopic (exact) mass is 291 g/mol. The highest BCUT2D eigenvalue weighted by molar-refractivity contribution is 6.99. The first-order valence-corrected chi connectivity index (χ1v) is 7.61. The first kappa shape index (κ1) is 12.9. The number of hydrogen-bond donors (Lipinski definition) is 0. The van der Waals surface area contributed by atoms with Crippen molar-refractivity contribution in [3.63, 3.8) is 0 Å². The third-order valence-electron chi connectivity index (χ3n) is 4.51. The molecule has 0 unspecified atom stereocenters. The molecule has 5 rings (SSSR count). The molecule has 2 nitrogen and oxygen atoms in total. The van der Waals surface area contributed by atoms with Gasteiger partial charge in [0.25, 0.3) is 6.71 Å². The predicted molar refractivity (Wildman–Crippen MR) is 95.3 cm³/mol. The van der Waals surface area contributed by atoms with Crippen LogP contribution in [-0.2, 0) is 0 Å². The molecule has 5 heteroatoms. The van der Waals surface area contributed by atoms with Crippen LogP contribution in [-0.4, -0.2) is 21.6 Å². The highest BCUT2D eigenvalue weighted by atomic mass is 16.5. The Balaban J connectivity index is 1.85. The van der Waals surface area contributed by atoms with Crippen molar-refractivity contribution in [3.05, 3.63) is 60.7 Å². The van der Waals surface area contributed by atoms with E-state index < -0.39 is 0 Å². The summed E-state index contributed by atoms with van der Waals surface area (Å²) in [6.07, 6.45) is 0. The molecule has 2 aliphatic heterocycles. The molecule has 3 radical (unpaired) electrons. The van der Waals surface area contributed by atoms with Crippen LogP contribution in [0.3, 0.4) is 0 Å². The summed E-state index contributed by atoms with van der Waals surface area (Å²) in [7, 11) is 7.28. The van der Waals surface area contributed by atoms with Crippen LogP contribution in [0.2, 0.25) is 0 Å². The van der Waals surface area contributed by atoms with Gasteiger partial charge in [-0.25, -0.2) is 0 Å². The van der Waals surface area contributed by atoms with Crippen LogP contribution in [0.5, 0.6) is 23.0 Å². The smallest absolute Gasteiger partial charge is 0.260 e. The van der Waals surface area contributed by atoms with Gasteiger partial charge in [0, 0.05) is 13.2 Å². The van der Waals surface area contributed by atoms with Crippen molar-refractivity contribution < 1.29 is 9.47 Å². The Morgan fingerprint density at radius 3 is 1.78 bits per heavy atom. The van der Waals surface area contributed by atoms with E-state index in [2.05, 4.69) is 12.1 Å². The largest absolute Gasteiger partial charge is 0.458 e. The van der Waals surface area contributed by atoms with E-state index in [0.29, 0.717) is 0 Å². The molecule has 0 aliphatic carbocycles. The first-order chi connectivity index (χ1) is 11.3. The fourth-order valence-electron chi connectivity index (χ4n) is 3.51. The van der Waals surface area contributed by atoms with Crippen LogP contribution in [0.1, 0.15) is 0 Å². The molecule has 3 aromatic rings. The van der Waals surface area contributed by atoms with Crippen molar-refractivity contribution in [3.8, 4) is 23.0 Å². The number of benzene rings is 3. The molecule has 103 valence electrons. The van der Waals surface area contributed by atoms with Gasteiger partial charge in [-0.2, -0.15) is 0 Å². The van der Waals surface area contributed by atoms with Crippen molar-refractivity contribution in [2.24, 2.45) is 0 Å². The van der Waals surface area contributed by atoms with Crippen molar-refractivity contribution in [1.82, 2.24) is 0 Å². The second-order valence-corrected chi connectivity index (χ2v) is 5.81. The minimum absolute atomic E-state index is 0.127. The summed E-state index contributed by atoms with van der Waals surface area (Å²) >= 11 is 0. The van der Waals surface area contributed by atoms with Crippen molar-refractivity contribution in [1.29, 1.82) is 0 Å². The van der Waals surface area contributed by atoms with Gasteiger partial charge in [0.1, 0.15) is 23.0 Å². The van der Waals surface area contributed by atoms with Crippen molar-refractivity contribution in [2.75, 3.05) is 0 Å². The van der Waals surface area contributed by atoms with Gasteiger partial charge >= 0.3 is 0 Å². The summed E-state index contributed by atoms with van der Waals surface area (Å²) in [5.41, 5.74) is 4.30. The molecule has 0 fully saturated rings. The van der Waals surface area contributed by atoms with Gasteiger partial charge in [0.2, 0.25) is 0 Å². The van der Waals surface area contributed by atoms with Gasteiger partial charge in [-0.1, -0.05) is 41.9 Å². The van der Waals surface area contributed by atoms with Crippen LogP contribution in [0.4, 0.5) is 0 Å². The molecular weight excluding hydrogens is 281 g/mol. The summed E-state index contributed by atoms with van der Waals surface area (Å²) in [6.45, 7) is 0.127. The van der Waals surface area contributed by atoms with E-state index in [4.69, 9.17) is 17.2 Å². The van der Waals surface area contributed by atoms with Gasteiger partial charge in [-0.3, -0.25) is 0 Å². The van der Waals surface area contributed by atoms with Gasteiger partial charge in [-0.05, 0) is 35.2 Å². The number of fused-ring (bicyclic) bond motifs is 4. The topological polar surface area (TPSA) is 18.5 Å². The molecule has 0 saturated carbocycles. The second-order valence-electron chi connectivity index (χ2n) is 5.81. The lowest BCUT2D eigenvalue weighted by Crippen LogP contribution is -2.57. The van der Waals surface area contributed by atoms with Crippen LogP contribution in [0, 0.1) is 0 Å². The number of para-hydroxylation sites is 2. The summed E-state index contributed by atoms with van der Waals surface area (Å²) < 4.78 is 12.3. The quantitative estimate of drug-likeness (QED) is 0.426. The van der Waals surface area contributed by atoms with E-state index in [-0.39, 0.29) is 6.71 Å². The lowest BCUT2D eigenvalue weighted by atomic mass is 9.34. The Morgan fingerprint density at radius 1 is 0.739 bits per heavy atom. The molecule has 2 aliphatic rings. The van der Waals surface area contributed by atoms with E-state index >= 15 is 0 Å². The summed E-state index contributed by atoms with van der Waals surface area (Å²) in [4.78, 5) is 0. The van der Waals surface area contributed by atoms with Crippen LogP contribution in [0.25, 0.3) is 0 Å². The highest BCUT2D eigenvalue weighted by Crippen LogP contribution is 2.33. The van der Waals surface area contributed by atoms with E-state index in [1.807, 2.05) is 48.5 Å². The minimum atomic E-state index is 0.127. The van der Waals surface area contributed by atoms with Crippen molar-refractivity contribution >= 4 is 43.5 Å². The average Bonchev–Trinajstić information content (AvgIpc) is 2.61. The zero-order valence-corrected chi connectivity index (χ0v) is 12.3. The first-order valence-electron chi connectivity index (χ1n) is 7.61. The predicted octanol–water partition coefficient (Wildman–Crippen LogP) is 0.827. The lowest BCUT2D eigenvalue weighted by molar-refractivity contribution is 0.465. The van der Waals surface area contributed by atoms with Gasteiger partial charge < -0.3 is 9.47 Å². The number of ether oxygens (including phenoxy) is 2. The molecule has 0 N–H and O–H groups in total. The molecule has 0 spiro atoms. The lowest BCUT2D eigenvalue weighted by Gasteiger charge is -2.33. The molecular formula is C18H10B3O2. The maximum Gasteiger partial charge on any atom is 0.260 e. The fourth-order valence-corrected chi connectivity index (χ4v) is 3.51. The number of rotatable bonds is 1. The highest BCUT2D eigenvalue weighted by Gasteiger charge is 2.39. The van der Waals surface area contributed by atoms with Gasteiger partial charge in [0.15, 0.2) is 0 Å². The Bertz CT molecular complexity index is 869. The summed E-state index contributed by atoms with van der Waals surface area (Å²) in [5.74, 6) is 3.42. The standard InChI is InChI=1S/C18H10B3O2/c19-20-11-9-16-18-17(10-11)23-15-8-4-2-6-13(15)21(18)12-5-1-3-7-14(12)22-16/h1-10H. The molecule has 0 bridgehead atoms. The third-order valence-corrected chi connectivity index (χ3v) is 4.51. The maximum atomic E-state index is 6.13. The molecule has 2 heterocycles. The Kier molecular flexibility index (Phi) is 2.66. The van der Waals surface area contributed by atoms with E-state index in [0.717, 1.165) is 33.9 Å². The van der Waals surface area contributed by atoms with Crippen molar-refractivity contribution in [2.45, 2.75) is 0 Å². The normalized spacial score (nSPS) is 13.1. The third kappa shape index (κ3) is 1.80. The van der Waals surface area contributed by atoms with Crippen LogP contribution >= 0.6 is 0 Å². The van der Waals surface area contributed by atoms with Crippen LogP contribution in [0.15, 0.2) is 60.7 Å². The number of hydrogen-bond acceptors (Lipinski definition) is 2. The Morgan fingerprint density at radius 2 is 1.26 bits per heavy atom. The fraction of sp³-hybridized carbons (Fsp3) is 0. The van der Waals surface area contributed by atoms with Gasteiger partial charge in [-0.15, -0.1) is 0 Å². The summed E-state index contributed by atoms with van der Waals surface area (Å²) in [5, 5.41) is 0. The van der Waals surface area contributed by atoms with E-state index in [9.17, 15) is 0 Å². The molecule has 3 aromatic carbocycles. The Hall–Kier alpha value is -2.55. The SMILES string of the molecule is [B][B]c1cc2c3c(c1)Oc1ccccc1B3c1ccccc1O2. The molecule has 0 aromatic heterocycles. The zero-order valence-electron chi connectivity index (χ0n) is 12.3. The minimum Gasteiger partial charge on any atom is -0.458 e. The molecule has 0 saturated heterocycles.